The molecule has 9 heteroatoms. The number of nitrogens with zero attached hydrogens (tertiary/aromatic N) is 4. The van der Waals surface area contributed by atoms with Crippen molar-refractivity contribution in [2.24, 2.45) is 0 Å². The Morgan fingerprint density at radius 1 is 1.15 bits per heavy atom. The maximum absolute atomic E-state index is 6.20. The van der Waals surface area contributed by atoms with Gasteiger partial charge in [0.25, 0.3) is 0 Å². The molecule has 2 N–H and O–H groups in total. The van der Waals surface area contributed by atoms with E-state index in [1.54, 1.807) is 16.9 Å². The second-order valence-corrected chi connectivity index (χ2v) is 6.93. The molecule has 0 fully saturated rings. The van der Waals surface area contributed by atoms with Gasteiger partial charge in [-0.25, -0.2) is 0 Å². The number of benzene rings is 1. The van der Waals surface area contributed by atoms with Crippen LogP contribution in [0.25, 0.3) is 0 Å². The van der Waals surface area contributed by atoms with Crippen molar-refractivity contribution in [1.29, 1.82) is 0 Å². The van der Waals surface area contributed by atoms with E-state index < -0.39 is 0 Å². The highest BCUT2D eigenvalue weighted by molar-refractivity contribution is 7.80. The van der Waals surface area contributed by atoms with Gasteiger partial charge in [0.05, 0.1) is 24.6 Å². The highest BCUT2D eigenvalue weighted by atomic mass is 35.5. The van der Waals surface area contributed by atoms with E-state index in [1.807, 2.05) is 42.3 Å². The summed E-state index contributed by atoms with van der Waals surface area (Å²) in [4.78, 5) is 0. The van der Waals surface area contributed by atoms with Crippen LogP contribution in [0.15, 0.2) is 43.0 Å². The molecule has 136 valence electrons. The van der Waals surface area contributed by atoms with Crippen LogP contribution in [0, 0.1) is 0 Å². The molecular formula is C17H18Cl2N6S. The van der Waals surface area contributed by atoms with E-state index in [-0.39, 0.29) is 0 Å². The minimum atomic E-state index is 0.526. The van der Waals surface area contributed by atoms with Crippen LogP contribution in [-0.2, 0) is 19.6 Å². The molecule has 0 aliphatic heterocycles. The van der Waals surface area contributed by atoms with Crippen LogP contribution in [0.4, 0.5) is 5.69 Å². The molecule has 6 nitrogen and oxygen atoms in total. The lowest BCUT2D eigenvalue weighted by atomic mass is 10.2. The number of thiocarbonyl (C=S) groups is 1. The Hall–Kier alpha value is -2.09. The van der Waals surface area contributed by atoms with Crippen LogP contribution >= 0.6 is 35.4 Å². The molecule has 0 amide bonds. The van der Waals surface area contributed by atoms with Gasteiger partial charge in [0.15, 0.2) is 5.11 Å². The summed E-state index contributed by atoms with van der Waals surface area (Å²) in [6, 6.07) is 5.42. The Morgan fingerprint density at radius 3 is 2.69 bits per heavy atom. The van der Waals surface area contributed by atoms with Crippen LogP contribution in [0.3, 0.4) is 0 Å². The first kappa shape index (κ1) is 18.7. The lowest BCUT2D eigenvalue weighted by molar-refractivity contribution is 0.659. The molecule has 0 unspecified atom stereocenters. The standard InChI is InChI=1S/C17H18Cl2N6S/c1-2-24-9-12(7-21-24)6-20-17(26)23-15-8-22-25(11-15)10-13-3-4-14(18)5-16(13)19/h3-5,7-9,11H,2,6,10H2,1H3,(H2,20,23,26). The van der Waals surface area contributed by atoms with Crippen molar-refractivity contribution in [2.45, 2.75) is 26.6 Å². The second kappa shape index (κ2) is 8.53. The van der Waals surface area contributed by atoms with Crippen molar-refractivity contribution in [3.63, 3.8) is 0 Å². The average molecular weight is 409 g/mol. The van der Waals surface area contributed by atoms with E-state index in [1.165, 1.54) is 0 Å². The minimum absolute atomic E-state index is 0.526. The SMILES string of the molecule is CCn1cc(CNC(=S)Nc2cnn(Cc3ccc(Cl)cc3Cl)c2)cn1. The van der Waals surface area contributed by atoms with Gasteiger partial charge >= 0.3 is 0 Å². The first-order chi connectivity index (χ1) is 12.5. The largest absolute Gasteiger partial charge is 0.358 e. The summed E-state index contributed by atoms with van der Waals surface area (Å²) in [7, 11) is 0. The van der Waals surface area contributed by atoms with Crippen molar-refractivity contribution >= 4 is 46.2 Å². The molecule has 0 atom stereocenters. The number of rotatable bonds is 6. The Balaban J connectivity index is 1.53. The van der Waals surface area contributed by atoms with Crippen molar-refractivity contribution < 1.29 is 0 Å². The topological polar surface area (TPSA) is 59.7 Å². The first-order valence-electron chi connectivity index (χ1n) is 8.06. The van der Waals surface area contributed by atoms with E-state index >= 15 is 0 Å². The maximum atomic E-state index is 6.20. The van der Waals surface area contributed by atoms with E-state index in [0.717, 1.165) is 23.4 Å². The van der Waals surface area contributed by atoms with Crippen LogP contribution in [0.2, 0.25) is 10.0 Å². The summed E-state index contributed by atoms with van der Waals surface area (Å²) < 4.78 is 3.66. The highest BCUT2D eigenvalue weighted by Gasteiger charge is 2.06. The zero-order chi connectivity index (χ0) is 18.5. The lowest BCUT2D eigenvalue weighted by Gasteiger charge is -2.08. The molecule has 0 spiro atoms. The van der Waals surface area contributed by atoms with Gasteiger partial charge in [-0.15, -0.1) is 0 Å². The molecule has 26 heavy (non-hydrogen) atoms. The van der Waals surface area contributed by atoms with Crippen molar-refractivity contribution in [3.05, 3.63) is 64.2 Å². The van der Waals surface area contributed by atoms with Gasteiger partial charge in [-0.3, -0.25) is 9.36 Å². The Bertz CT molecular complexity index is 904. The molecule has 0 saturated heterocycles. The number of hydrogen-bond donors (Lipinski definition) is 2. The van der Waals surface area contributed by atoms with Gasteiger partial charge in [-0.2, -0.15) is 10.2 Å². The summed E-state index contributed by atoms with van der Waals surface area (Å²) in [5.41, 5.74) is 2.82. The number of anilines is 1. The average Bonchev–Trinajstić information content (AvgIpc) is 3.25. The normalized spacial score (nSPS) is 10.7. The van der Waals surface area contributed by atoms with Gasteiger partial charge in [0.1, 0.15) is 0 Å². The number of aromatic nitrogens is 4. The van der Waals surface area contributed by atoms with Crippen molar-refractivity contribution in [1.82, 2.24) is 24.9 Å². The molecule has 0 bridgehead atoms. The van der Waals surface area contributed by atoms with E-state index in [0.29, 0.717) is 28.2 Å². The van der Waals surface area contributed by atoms with Gasteiger partial charge in [-0.1, -0.05) is 29.3 Å². The third-order valence-electron chi connectivity index (χ3n) is 3.70. The van der Waals surface area contributed by atoms with E-state index in [9.17, 15) is 0 Å². The monoisotopic (exact) mass is 408 g/mol. The summed E-state index contributed by atoms with van der Waals surface area (Å²) in [5, 5.41) is 16.6. The van der Waals surface area contributed by atoms with Crippen LogP contribution in [0.1, 0.15) is 18.1 Å². The minimum Gasteiger partial charge on any atom is -0.358 e. The maximum Gasteiger partial charge on any atom is 0.171 e. The number of nitrogens with one attached hydrogen (secondary N) is 2. The van der Waals surface area contributed by atoms with Gasteiger partial charge in [-0.05, 0) is 36.8 Å². The Labute approximate surface area is 167 Å². The summed E-state index contributed by atoms with van der Waals surface area (Å²) in [6.45, 7) is 4.05. The molecule has 3 aromatic rings. The molecule has 0 aliphatic rings. The predicted octanol–water partition coefficient (Wildman–Crippen LogP) is 3.94. The molecule has 0 aliphatic carbocycles. The molecule has 0 radical (unpaired) electrons. The number of halogens is 2. The quantitative estimate of drug-likeness (QED) is 0.604. The smallest absolute Gasteiger partial charge is 0.171 e. The van der Waals surface area contributed by atoms with Gasteiger partial charge in [0.2, 0.25) is 0 Å². The lowest BCUT2D eigenvalue weighted by Crippen LogP contribution is -2.27. The zero-order valence-corrected chi connectivity index (χ0v) is 16.4. The number of aryl methyl sites for hydroxylation is 1. The summed E-state index contributed by atoms with van der Waals surface area (Å²) >= 11 is 17.4. The predicted molar refractivity (Wildman–Crippen MR) is 109 cm³/mol. The van der Waals surface area contributed by atoms with Gasteiger partial charge < -0.3 is 10.6 Å². The molecule has 2 aromatic heterocycles. The fourth-order valence-corrected chi connectivity index (χ4v) is 3.03. The highest BCUT2D eigenvalue weighted by Crippen LogP contribution is 2.22. The van der Waals surface area contributed by atoms with Crippen molar-refractivity contribution in [3.8, 4) is 0 Å². The van der Waals surface area contributed by atoms with Crippen LogP contribution in [0.5, 0.6) is 0 Å². The first-order valence-corrected chi connectivity index (χ1v) is 9.22. The molecule has 1 aromatic carbocycles. The third kappa shape index (κ3) is 4.97. The third-order valence-corrected chi connectivity index (χ3v) is 4.54. The summed E-state index contributed by atoms with van der Waals surface area (Å²) in [6.07, 6.45) is 7.40. The zero-order valence-electron chi connectivity index (χ0n) is 14.1. The fourth-order valence-electron chi connectivity index (χ4n) is 2.37. The molecular weight excluding hydrogens is 391 g/mol. The van der Waals surface area contributed by atoms with Crippen molar-refractivity contribution in [2.75, 3.05) is 5.32 Å². The van der Waals surface area contributed by atoms with Crippen LogP contribution < -0.4 is 10.6 Å². The second-order valence-electron chi connectivity index (χ2n) is 5.67. The van der Waals surface area contributed by atoms with Crippen LogP contribution in [-0.4, -0.2) is 24.7 Å². The Kier molecular flexibility index (Phi) is 6.13. The van der Waals surface area contributed by atoms with E-state index in [4.69, 9.17) is 35.4 Å². The van der Waals surface area contributed by atoms with E-state index in [2.05, 4.69) is 20.8 Å². The Morgan fingerprint density at radius 2 is 1.96 bits per heavy atom. The van der Waals surface area contributed by atoms with Gasteiger partial charge in [0, 0.05) is 41.1 Å². The summed E-state index contributed by atoms with van der Waals surface area (Å²) in [5.74, 6) is 0. The molecule has 3 rings (SSSR count). The molecule has 0 saturated carbocycles. The number of hydrogen-bond acceptors (Lipinski definition) is 3. The molecule has 2 heterocycles. The fraction of sp³-hybridized carbons (Fsp3) is 0.235.